The number of anilines is 1. The van der Waals surface area contributed by atoms with Gasteiger partial charge in [0.05, 0.1) is 23.8 Å². The second-order valence-electron chi connectivity index (χ2n) is 9.30. The van der Waals surface area contributed by atoms with Crippen LogP contribution in [0.15, 0.2) is 42.5 Å². The van der Waals surface area contributed by atoms with Gasteiger partial charge < -0.3 is 14.5 Å². The fourth-order valence-corrected chi connectivity index (χ4v) is 5.21. The van der Waals surface area contributed by atoms with Crippen molar-refractivity contribution in [2.45, 2.75) is 26.4 Å². The lowest BCUT2D eigenvalue weighted by atomic mass is 9.73. The van der Waals surface area contributed by atoms with Crippen LogP contribution in [0, 0.1) is 29.6 Å². The third-order valence-electron chi connectivity index (χ3n) is 7.04. The van der Waals surface area contributed by atoms with Gasteiger partial charge in [0.1, 0.15) is 0 Å². The second kappa shape index (κ2) is 9.30. The lowest BCUT2D eigenvalue weighted by Gasteiger charge is -2.44. The number of aryl methyl sites for hydroxylation is 1. The fraction of sp³-hybridized carbons (Fsp3) is 0.462. The molecule has 0 aromatic heterocycles. The van der Waals surface area contributed by atoms with Gasteiger partial charge in [-0.3, -0.25) is 4.79 Å². The number of amides is 1. The minimum Gasteiger partial charge on any atom is -0.381 e. The predicted molar refractivity (Wildman–Crippen MR) is 122 cm³/mol. The van der Waals surface area contributed by atoms with Gasteiger partial charge in [-0.2, -0.15) is 18.4 Å². The normalized spacial score (nSPS) is 22.4. The molecule has 2 aromatic carbocycles. The van der Waals surface area contributed by atoms with Crippen LogP contribution in [0.3, 0.4) is 0 Å². The van der Waals surface area contributed by atoms with Crippen LogP contribution in [-0.4, -0.2) is 50.2 Å². The van der Waals surface area contributed by atoms with Crippen molar-refractivity contribution in [1.82, 2.24) is 4.90 Å². The number of rotatable bonds is 5. The summed E-state index contributed by atoms with van der Waals surface area (Å²) in [5.74, 6) is 0.150. The summed E-state index contributed by atoms with van der Waals surface area (Å²) in [7, 11) is 0. The van der Waals surface area contributed by atoms with E-state index < -0.39 is 11.7 Å². The Morgan fingerprint density at radius 3 is 2.59 bits per heavy atom. The summed E-state index contributed by atoms with van der Waals surface area (Å²) < 4.78 is 46.4. The summed E-state index contributed by atoms with van der Waals surface area (Å²) in [4.78, 5) is 17.0. The summed E-state index contributed by atoms with van der Waals surface area (Å²) in [6.45, 7) is 7.00. The zero-order valence-electron chi connectivity index (χ0n) is 19.4. The molecule has 1 amide bonds. The lowest BCUT2D eigenvalue weighted by Crippen LogP contribution is -2.53. The number of benzene rings is 2. The van der Waals surface area contributed by atoms with Crippen LogP contribution < -0.4 is 4.90 Å². The number of ether oxygens (including phenoxy) is 1. The topological polar surface area (TPSA) is 56.6 Å². The number of hydrogen-bond acceptors (Lipinski definition) is 4. The van der Waals surface area contributed by atoms with Crippen LogP contribution in [0.25, 0.3) is 0 Å². The number of carbonyl (C=O) groups excluding carboxylic acids is 1. The molecule has 2 aliphatic rings. The molecule has 0 N–H and O–H groups in total. The van der Waals surface area contributed by atoms with Crippen LogP contribution in [0.1, 0.15) is 40.4 Å². The average Bonchev–Trinajstić information content (AvgIpc) is 3.21. The molecule has 0 spiro atoms. The van der Waals surface area contributed by atoms with E-state index in [1.807, 2.05) is 47.9 Å². The number of piperidine rings is 1. The van der Waals surface area contributed by atoms with Gasteiger partial charge in [0.2, 0.25) is 0 Å². The molecular formula is C26H28F3N3O2. The van der Waals surface area contributed by atoms with E-state index >= 15 is 0 Å². The molecule has 8 heteroatoms. The highest BCUT2D eigenvalue weighted by Crippen LogP contribution is 2.45. The lowest BCUT2D eigenvalue weighted by molar-refractivity contribution is -0.137. The van der Waals surface area contributed by atoms with E-state index in [0.29, 0.717) is 50.6 Å². The van der Waals surface area contributed by atoms with Crippen molar-refractivity contribution in [3.05, 3.63) is 64.7 Å². The first-order chi connectivity index (χ1) is 16.2. The number of carbonyl (C=O) groups is 1. The molecule has 180 valence electrons. The van der Waals surface area contributed by atoms with Gasteiger partial charge in [0, 0.05) is 49.5 Å². The number of halogens is 3. The van der Waals surface area contributed by atoms with Gasteiger partial charge in [-0.25, -0.2) is 0 Å². The van der Waals surface area contributed by atoms with E-state index in [1.165, 1.54) is 6.07 Å². The summed E-state index contributed by atoms with van der Waals surface area (Å²) in [6.07, 6.45) is -3.85. The maximum absolute atomic E-state index is 13.5. The molecule has 2 saturated heterocycles. The zero-order valence-corrected chi connectivity index (χ0v) is 19.4. The highest BCUT2D eigenvalue weighted by molar-refractivity contribution is 5.94. The molecule has 2 fully saturated rings. The van der Waals surface area contributed by atoms with Crippen molar-refractivity contribution < 1.29 is 22.7 Å². The Bertz CT molecular complexity index is 1090. The Hall–Kier alpha value is -3.05. The molecule has 0 radical (unpaired) electrons. The zero-order chi connectivity index (χ0) is 24.5. The first-order valence-corrected chi connectivity index (χ1v) is 11.5. The number of nitriles is 1. The van der Waals surface area contributed by atoms with Crippen LogP contribution in [-0.2, 0) is 10.9 Å². The van der Waals surface area contributed by atoms with Gasteiger partial charge in [-0.1, -0.05) is 17.7 Å². The van der Waals surface area contributed by atoms with E-state index in [2.05, 4.69) is 0 Å². The Labute approximate surface area is 197 Å². The molecule has 2 aliphatic heterocycles. The van der Waals surface area contributed by atoms with Crippen LogP contribution in [0.5, 0.6) is 0 Å². The summed E-state index contributed by atoms with van der Waals surface area (Å²) in [5, 5.41) is 9.12. The molecule has 2 aromatic rings. The van der Waals surface area contributed by atoms with Gasteiger partial charge >= 0.3 is 6.18 Å². The predicted octanol–water partition coefficient (Wildman–Crippen LogP) is 4.89. The fourth-order valence-electron chi connectivity index (χ4n) is 5.21. The Morgan fingerprint density at radius 2 is 1.94 bits per heavy atom. The quantitative estimate of drug-likeness (QED) is 0.623. The van der Waals surface area contributed by atoms with E-state index in [4.69, 9.17) is 10.00 Å². The molecule has 0 aliphatic carbocycles. The van der Waals surface area contributed by atoms with E-state index in [-0.39, 0.29) is 22.8 Å². The maximum Gasteiger partial charge on any atom is 0.417 e. The van der Waals surface area contributed by atoms with Crippen molar-refractivity contribution in [2.24, 2.45) is 11.3 Å². The van der Waals surface area contributed by atoms with Crippen molar-refractivity contribution in [1.29, 1.82) is 5.26 Å². The van der Waals surface area contributed by atoms with Gasteiger partial charge in [0.15, 0.2) is 0 Å². The number of nitrogens with zero attached hydrogens (tertiary/aromatic N) is 3. The van der Waals surface area contributed by atoms with Gasteiger partial charge in [0.25, 0.3) is 5.91 Å². The summed E-state index contributed by atoms with van der Waals surface area (Å²) >= 11 is 0. The summed E-state index contributed by atoms with van der Waals surface area (Å²) in [6, 6.07) is 13.0. The number of alkyl halides is 3. The van der Waals surface area contributed by atoms with E-state index in [0.717, 1.165) is 18.1 Å². The second-order valence-corrected chi connectivity index (χ2v) is 9.30. The maximum atomic E-state index is 13.5. The SMILES string of the molecule is CCOC[C@]12CN(C(=O)c3ccc(C)cc3)CC[C@H]1CN(c1ccc(C#N)c(C(F)(F)F)c1)C2. The van der Waals surface area contributed by atoms with Crippen LogP contribution >= 0.6 is 0 Å². The largest absolute Gasteiger partial charge is 0.417 e. The Morgan fingerprint density at radius 1 is 1.21 bits per heavy atom. The highest BCUT2D eigenvalue weighted by Gasteiger charge is 2.51. The van der Waals surface area contributed by atoms with Crippen molar-refractivity contribution >= 4 is 11.6 Å². The Kier molecular flexibility index (Phi) is 6.59. The molecule has 0 bridgehead atoms. The average molecular weight is 472 g/mol. The standard InChI is InChI=1S/C26H28F3N3O2/c1-3-34-17-25-15-31(24(33)19-6-4-18(2)5-7-19)11-10-21(25)14-32(16-25)22-9-8-20(13-30)23(12-22)26(27,28)29/h4-9,12,21H,3,10-11,14-17H2,1-2H3/t21-,25+/m0/s1. The van der Waals surface area contributed by atoms with Gasteiger partial charge in [-0.15, -0.1) is 0 Å². The van der Waals surface area contributed by atoms with Crippen LogP contribution in [0.4, 0.5) is 18.9 Å². The van der Waals surface area contributed by atoms with E-state index in [9.17, 15) is 18.0 Å². The number of likely N-dealkylation sites (tertiary alicyclic amines) is 1. The molecule has 0 unspecified atom stereocenters. The molecule has 4 rings (SSSR count). The number of hydrogen-bond donors (Lipinski definition) is 0. The minimum atomic E-state index is -4.60. The number of fused-ring (bicyclic) bond motifs is 1. The van der Waals surface area contributed by atoms with Crippen molar-refractivity contribution in [3.8, 4) is 6.07 Å². The molecule has 2 heterocycles. The van der Waals surface area contributed by atoms with Crippen LogP contribution in [0.2, 0.25) is 0 Å². The van der Waals surface area contributed by atoms with Crippen molar-refractivity contribution in [2.75, 3.05) is 44.3 Å². The molecule has 0 saturated carbocycles. The summed E-state index contributed by atoms with van der Waals surface area (Å²) in [5.41, 5.74) is 0.473. The minimum absolute atomic E-state index is 0.0366. The van der Waals surface area contributed by atoms with Crippen molar-refractivity contribution in [3.63, 3.8) is 0 Å². The first-order valence-electron chi connectivity index (χ1n) is 11.5. The van der Waals surface area contributed by atoms with Gasteiger partial charge in [-0.05, 0) is 56.5 Å². The third kappa shape index (κ3) is 4.62. The monoisotopic (exact) mass is 471 g/mol. The Balaban J connectivity index is 1.61. The first kappa shape index (κ1) is 24.1. The van der Waals surface area contributed by atoms with E-state index in [1.54, 1.807) is 12.1 Å². The highest BCUT2D eigenvalue weighted by atomic mass is 19.4. The smallest absolute Gasteiger partial charge is 0.381 e. The molecule has 34 heavy (non-hydrogen) atoms. The molecule has 5 nitrogen and oxygen atoms in total. The molecular weight excluding hydrogens is 443 g/mol. The molecule has 2 atom stereocenters. The third-order valence-corrected chi connectivity index (χ3v) is 7.04.